The molecule has 0 aliphatic heterocycles. The van der Waals surface area contributed by atoms with Crippen LogP contribution in [0.25, 0.3) is 10.9 Å². The highest BCUT2D eigenvalue weighted by atomic mass is 16.5. The minimum absolute atomic E-state index is 0.311. The number of hydrogen-bond acceptors (Lipinski definition) is 4. The average Bonchev–Trinajstić information content (AvgIpc) is 2.81. The molecule has 1 atom stereocenters. The Kier molecular flexibility index (Phi) is 3.55. The summed E-state index contributed by atoms with van der Waals surface area (Å²) >= 11 is 0. The number of para-hydroxylation sites is 1. The Morgan fingerprint density at radius 2 is 2.28 bits per heavy atom. The molecule has 0 amide bonds. The topological polar surface area (TPSA) is 71.5 Å². The van der Waals surface area contributed by atoms with Gasteiger partial charge in [-0.25, -0.2) is 9.59 Å². The molecule has 0 aliphatic rings. The molecule has 5 nitrogen and oxygen atoms in total. The number of aliphatic imine (C=N–C) groups is 1. The normalized spacial score (nSPS) is 11.8. The van der Waals surface area contributed by atoms with Gasteiger partial charge in [-0.1, -0.05) is 18.2 Å². The quantitative estimate of drug-likeness (QED) is 0.504. The van der Waals surface area contributed by atoms with Crippen molar-refractivity contribution in [2.45, 2.75) is 12.5 Å². The zero-order valence-corrected chi connectivity index (χ0v) is 9.84. The summed E-state index contributed by atoms with van der Waals surface area (Å²) in [6.45, 7) is 0. The maximum Gasteiger partial charge on any atom is 0.331 e. The van der Waals surface area contributed by atoms with E-state index in [9.17, 15) is 9.59 Å². The Hall–Kier alpha value is -2.39. The van der Waals surface area contributed by atoms with Crippen molar-refractivity contribution in [1.29, 1.82) is 0 Å². The minimum atomic E-state index is -0.841. The third-order valence-electron chi connectivity index (χ3n) is 2.77. The summed E-state index contributed by atoms with van der Waals surface area (Å²) in [6.07, 6.45) is 3.53. The van der Waals surface area contributed by atoms with E-state index in [1.165, 1.54) is 13.2 Å². The van der Waals surface area contributed by atoms with Crippen LogP contribution in [0.5, 0.6) is 0 Å². The molecular formula is C13H12N2O3. The molecule has 2 rings (SSSR count). The van der Waals surface area contributed by atoms with Crippen molar-refractivity contribution in [2.24, 2.45) is 4.99 Å². The molecule has 1 heterocycles. The largest absolute Gasteiger partial charge is 0.467 e. The first-order valence-corrected chi connectivity index (χ1v) is 5.46. The minimum Gasteiger partial charge on any atom is -0.467 e. The van der Waals surface area contributed by atoms with Gasteiger partial charge in [0.2, 0.25) is 6.08 Å². The van der Waals surface area contributed by atoms with Crippen LogP contribution in [0.4, 0.5) is 0 Å². The van der Waals surface area contributed by atoms with Crippen LogP contribution in [-0.4, -0.2) is 30.2 Å². The number of ether oxygens (including phenoxy) is 1. The van der Waals surface area contributed by atoms with Crippen LogP contribution in [0.1, 0.15) is 5.56 Å². The van der Waals surface area contributed by atoms with Crippen LogP contribution in [0, 0.1) is 0 Å². The molecule has 0 fully saturated rings. The van der Waals surface area contributed by atoms with Crippen LogP contribution in [-0.2, 0) is 20.7 Å². The number of nitrogens with one attached hydrogen (secondary N) is 1. The lowest BCUT2D eigenvalue weighted by Gasteiger charge is -2.07. The molecule has 2 aromatic rings. The maximum atomic E-state index is 11.5. The van der Waals surface area contributed by atoms with Gasteiger partial charge in [0.1, 0.15) is 0 Å². The van der Waals surface area contributed by atoms with Crippen LogP contribution in [0.3, 0.4) is 0 Å². The number of H-pyrrole nitrogens is 1. The van der Waals surface area contributed by atoms with Crippen LogP contribution < -0.4 is 0 Å². The van der Waals surface area contributed by atoms with Crippen LogP contribution >= 0.6 is 0 Å². The van der Waals surface area contributed by atoms with Gasteiger partial charge in [0, 0.05) is 23.5 Å². The molecule has 1 aromatic heterocycles. The molecule has 0 radical (unpaired) electrons. The van der Waals surface area contributed by atoms with E-state index in [1.54, 1.807) is 6.20 Å². The first-order chi connectivity index (χ1) is 8.76. The third-order valence-corrected chi connectivity index (χ3v) is 2.77. The van der Waals surface area contributed by atoms with E-state index in [1.807, 2.05) is 24.3 Å². The summed E-state index contributed by atoms with van der Waals surface area (Å²) in [7, 11) is 1.27. The fourth-order valence-corrected chi connectivity index (χ4v) is 1.89. The molecule has 0 unspecified atom stereocenters. The number of carbonyl (C=O) groups excluding carboxylic acids is 2. The van der Waals surface area contributed by atoms with E-state index < -0.39 is 12.0 Å². The van der Waals surface area contributed by atoms with Gasteiger partial charge in [-0.3, -0.25) is 0 Å². The SMILES string of the molecule is COC(=O)[C@H](Cc1c[nH]c2ccccc12)N=C=O. The van der Waals surface area contributed by atoms with E-state index in [4.69, 9.17) is 0 Å². The maximum absolute atomic E-state index is 11.5. The summed E-state index contributed by atoms with van der Waals surface area (Å²) < 4.78 is 4.60. The zero-order valence-electron chi connectivity index (χ0n) is 9.84. The highest BCUT2D eigenvalue weighted by molar-refractivity contribution is 5.84. The van der Waals surface area contributed by atoms with E-state index in [0.29, 0.717) is 6.42 Å². The van der Waals surface area contributed by atoms with Gasteiger partial charge >= 0.3 is 5.97 Å². The number of aromatic nitrogens is 1. The predicted octanol–water partition coefficient (Wildman–Crippen LogP) is 1.59. The van der Waals surface area contributed by atoms with Gasteiger partial charge in [0.15, 0.2) is 6.04 Å². The van der Waals surface area contributed by atoms with Gasteiger partial charge in [0.05, 0.1) is 7.11 Å². The molecule has 5 heteroatoms. The highest BCUT2D eigenvalue weighted by Crippen LogP contribution is 2.20. The summed E-state index contributed by atoms with van der Waals surface area (Å²) in [5, 5.41) is 1.01. The summed E-state index contributed by atoms with van der Waals surface area (Å²) in [5.74, 6) is -0.538. The number of benzene rings is 1. The number of aromatic amines is 1. The Morgan fingerprint density at radius 3 is 3.00 bits per heavy atom. The van der Waals surface area contributed by atoms with Gasteiger partial charge in [-0.15, -0.1) is 0 Å². The second-order valence-corrected chi connectivity index (χ2v) is 3.82. The second-order valence-electron chi connectivity index (χ2n) is 3.82. The van der Waals surface area contributed by atoms with Gasteiger partial charge in [-0.2, -0.15) is 4.99 Å². The van der Waals surface area contributed by atoms with E-state index in [0.717, 1.165) is 16.5 Å². The number of fused-ring (bicyclic) bond motifs is 1. The monoisotopic (exact) mass is 244 g/mol. The van der Waals surface area contributed by atoms with Crippen molar-refractivity contribution in [1.82, 2.24) is 4.98 Å². The number of carbonyl (C=O) groups is 1. The Morgan fingerprint density at radius 1 is 1.50 bits per heavy atom. The van der Waals surface area contributed by atoms with Crippen molar-refractivity contribution >= 4 is 23.0 Å². The average molecular weight is 244 g/mol. The summed E-state index contributed by atoms with van der Waals surface area (Å²) in [6, 6.07) is 6.88. The highest BCUT2D eigenvalue weighted by Gasteiger charge is 2.20. The number of isocyanates is 1. The van der Waals surface area contributed by atoms with Crippen molar-refractivity contribution in [3.63, 3.8) is 0 Å². The first-order valence-electron chi connectivity index (χ1n) is 5.46. The Balaban J connectivity index is 2.31. The molecule has 0 aliphatic carbocycles. The fraction of sp³-hybridized carbons (Fsp3) is 0.231. The second kappa shape index (κ2) is 5.29. The fourth-order valence-electron chi connectivity index (χ4n) is 1.89. The van der Waals surface area contributed by atoms with Crippen molar-refractivity contribution in [2.75, 3.05) is 7.11 Å². The van der Waals surface area contributed by atoms with Crippen molar-refractivity contribution < 1.29 is 14.3 Å². The third kappa shape index (κ3) is 2.31. The lowest BCUT2D eigenvalue weighted by Crippen LogP contribution is -2.22. The van der Waals surface area contributed by atoms with Crippen LogP contribution in [0.2, 0.25) is 0 Å². The van der Waals surface area contributed by atoms with Gasteiger partial charge < -0.3 is 9.72 Å². The molecule has 1 N–H and O–H groups in total. The summed E-state index contributed by atoms with van der Waals surface area (Å²) in [5.41, 5.74) is 1.89. The lowest BCUT2D eigenvalue weighted by molar-refractivity contribution is -0.142. The number of methoxy groups -OCH3 is 1. The Labute approximate surface area is 103 Å². The van der Waals surface area contributed by atoms with Crippen molar-refractivity contribution in [3.05, 3.63) is 36.0 Å². The number of nitrogens with zero attached hydrogens (tertiary/aromatic N) is 1. The molecule has 0 saturated carbocycles. The standard InChI is InChI=1S/C13H12N2O3/c1-18-13(17)12(15-8-16)6-9-7-14-11-5-3-2-4-10(9)11/h2-5,7,12,14H,6H2,1H3/t12-/m0/s1. The molecule has 0 saturated heterocycles. The smallest absolute Gasteiger partial charge is 0.331 e. The molecular weight excluding hydrogens is 232 g/mol. The number of esters is 1. The first kappa shape index (κ1) is 12.1. The van der Waals surface area contributed by atoms with Gasteiger partial charge in [0.25, 0.3) is 0 Å². The molecule has 1 aromatic carbocycles. The Bertz CT molecular complexity index is 611. The van der Waals surface area contributed by atoms with E-state index in [-0.39, 0.29) is 0 Å². The molecule has 0 bridgehead atoms. The van der Waals surface area contributed by atoms with E-state index >= 15 is 0 Å². The van der Waals surface area contributed by atoms with Crippen molar-refractivity contribution in [3.8, 4) is 0 Å². The molecule has 92 valence electrons. The summed E-state index contributed by atoms with van der Waals surface area (Å²) in [4.78, 5) is 28.4. The number of rotatable bonds is 4. The molecule has 0 spiro atoms. The zero-order chi connectivity index (χ0) is 13.0. The predicted molar refractivity (Wildman–Crippen MR) is 65.9 cm³/mol. The molecule has 18 heavy (non-hydrogen) atoms. The van der Waals surface area contributed by atoms with Crippen LogP contribution in [0.15, 0.2) is 35.5 Å². The lowest BCUT2D eigenvalue weighted by atomic mass is 10.1. The van der Waals surface area contributed by atoms with Gasteiger partial charge in [-0.05, 0) is 11.6 Å². The number of hydrogen-bond donors (Lipinski definition) is 1. The van der Waals surface area contributed by atoms with E-state index in [2.05, 4.69) is 14.7 Å².